The first kappa shape index (κ1) is 15.1. The number of hydrogen-bond donors (Lipinski definition) is 1. The van der Waals surface area contributed by atoms with Crippen LogP contribution in [0.2, 0.25) is 0 Å². The van der Waals surface area contributed by atoms with Crippen LogP contribution in [0.5, 0.6) is 0 Å². The van der Waals surface area contributed by atoms with Gasteiger partial charge in [0.1, 0.15) is 0 Å². The highest BCUT2D eigenvalue weighted by molar-refractivity contribution is 7.80. The molecule has 0 spiro atoms. The van der Waals surface area contributed by atoms with E-state index in [0.29, 0.717) is 24.1 Å². The Bertz CT molecular complexity index is 843. The van der Waals surface area contributed by atoms with Gasteiger partial charge >= 0.3 is 0 Å². The predicted octanol–water partition coefficient (Wildman–Crippen LogP) is 1.58. The number of carbonyl (C=O) groups is 1. The number of thiocarbonyl (C=S) groups is 1. The Morgan fingerprint density at radius 1 is 1.21 bits per heavy atom. The molecule has 2 aliphatic heterocycles. The number of aromatic nitrogens is 1. The number of rotatable bonds is 1. The highest BCUT2D eigenvalue weighted by Crippen LogP contribution is 2.34. The van der Waals surface area contributed by atoms with E-state index in [9.17, 15) is 9.59 Å². The van der Waals surface area contributed by atoms with Crippen molar-refractivity contribution >= 4 is 23.2 Å². The van der Waals surface area contributed by atoms with Gasteiger partial charge in [0.15, 0.2) is 10.9 Å². The second kappa shape index (κ2) is 5.90. The standard InChI is InChI=1S/C17H17N3O3S/c21-15-5-1-3-13-12-7-11(9-20(13)15)8-19(10-12)17(24)18-16(22)14-4-2-6-23-14/h1-6,11-12H,7-10H2,(H,18,22,24)/t11-,12-/m1/s1. The van der Waals surface area contributed by atoms with Crippen molar-refractivity contribution in [1.82, 2.24) is 14.8 Å². The zero-order chi connectivity index (χ0) is 16.7. The molecule has 4 rings (SSSR count). The lowest BCUT2D eigenvalue weighted by molar-refractivity contribution is 0.0941. The molecule has 0 radical (unpaired) electrons. The van der Waals surface area contributed by atoms with Gasteiger partial charge < -0.3 is 13.9 Å². The van der Waals surface area contributed by atoms with Crippen LogP contribution in [0.3, 0.4) is 0 Å². The SMILES string of the molecule is O=C(NC(=S)N1C[C@H]2C[C@H](C1)c1cccc(=O)n1C2)c1ccco1. The molecular formula is C17H17N3O3S. The zero-order valence-electron chi connectivity index (χ0n) is 13.0. The number of furan rings is 1. The summed E-state index contributed by atoms with van der Waals surface area (Å²) in [7, 11) is 0. The van der Waals surface area contributed by atoms with Crippen LogP contribution in [-0.2, 0) is 6.54 Å². The van der Waals surface area contributed by atoms with Gasteiger partial charge in [0.2, 0.25) is 0 Å². The Morgan fingerprint density at radius 2 is 2.08 bits per heavy atom. The molecule has 2 aliphatic rings. The van der Waals surface area contributed by atoms with Gasteiger partial charge in [-0.15, -0.1) is 0 Å². The Kier molecular flexibility index (Phi) is 3.72. The summed E-state index contributed by atoms with van der Waals surface area (Å²) < 4.78 is 6.97. The first-order valence-electron chi connectivity index (χ1n) is 7.95. The summed E-state index contributed by atoms with van der Waals surface area (Å²) in [6.45, 7) is 2.16. The Morgan fingerprint density at radius 3 is 2.88 bits per heavy atom. The van der Waals surface area contributed by atoms with Crippen molar-refractivity contribution in [3.63, 3.8) is 0 Å². The molecule has 0 aliphatic carbocycles. The van der Waals surface area contributed by atoms with Crippen LogP contribution in [0, 0.1) is 5.92 Å². The van der Waals surface area contributed by atoms with E-state index in [-0.39, 0.29) is 23.1 Å². The number of likely N-dealkylation sites (tertiary alicyclic amines) is 1. The first-order chi connectivity index (χ1) is 11.6. The van der Waals surface area contributed by atoms with E-state index >= 15 is 0 Å². The Hall–Kier alpha value is -2.41. The average molecular weight is 343 g/mol. The smallest absolute Gasteiger partial charge is 0.293 e. The fraction of sp³-hybridized carbons (Fsp3) is 0.353. The van der Waals surface area contributed by atoms with Crippen LogP contribution in [0.15, 0.2) is 45.8 Å². The van der Waals surface area contributed by atoms with Crippen molar-refractivity contribution in [3.8, 4) is 0 Å². The third-order valence-corrected chi connectivity index (χ3v) is 5.09. The summed E-state index contributed by atoms with van der Waals surface area (Å²) in [6, 6.07) is 8.70. The number of nitrogens with zero attached hydrogens (tertiary/aromatic N) is 2. The molecule has 0 saturated carbocycles. The van der Waals surface area contributed by atoms with Crippen LogP contribution in [0.4, 0.5) is 0 Å². The minimum Gasteiger partial charge on any atom is -0.459 e. The van der Waals surface area contributed by atoms with Gasteiger partial charge in [0.05, 0.1) is 6.26 Å². The summed E-state index contributed by atoms with van der Waals surface area (Å²) in [5, 5.41) is 3.15. The van der Waals surface area contributed by atoms with E-state index in [1.165, 1.54) is 6.26 Å². The van der Waals surface area contributed by atoms with Crippen LogP contribution < -0.4 is 10.9 Å². The number of amides is 1. The molecule has 1 amide bonds. The second-order valence-electron chi connectivity index (χ2n) is 6.34. The van der Waals surface area contributed by atoms with E-state index in [0.717, 1.165) is 18.7 Å². The molecule has 2 atom stereocenters. The van der Waals surface area contributed by atoms with Crippen molar-refractivity contribution in [3.05, 3.63) is 58.4 Å². The third-order valence-electron chi connectivity index (χ3n) is 4.73. The van der Waals surface area contributed by atoms with Crippen LogP contribution in [0.25, 0.3) is 0 Å². The van der Waals surface area contributed by atoms with E-state index in [1.807, 2.05) is 21.6 Å². The van der Waals surface area contributed by atoms with Crippen molar-refractivity contribution in [2.75, 3.05) is 13.1 Å². The highest BCUT2D eigenvalue weighted by atomic mass is 32.1. The first-order valence-corrected chi connectivity index (χ1v) is 8.36. The molecular weight excluding hydrogens is 326 g/mol. The lowest BCUT2D eigenvalue weighted by atomic mass is 9.83. The molecule has 2 aromatic heterocycles. The summed E-state index contributed by atoms with van der Waals surface area (Å²) in [6.07, 6.45) is 2.51. The number of carbonyl (C=O) groups excluding carboxylic acids is 1. The van der Waals surface area contributed by atoms with Crippen LogP contribution in [-0.4, -0.2) is 33.6 Å². The number of nitrogens with one attached hydrogen (secondary N) is 1. The van der Waals surface area contributed by atoms with Crippen molar-refractivity contribution in [2.45, 2.75) is 18.9 Å². The van der Waals surface area contributed by atoms with E-state index < -0.39 is 0 Å². The molecule has 1 N–H and O–H groups in total. The quantitative estimate of drug-likeness (QED) is 0.796. The zero-order valence-corrected chi connectivity index (χ0v) is 13.8. The fourth-order valence-corrected chi connectivity index (χ4v) is 3.95. The molecule has 6 nitrogen and oxygen atoms in total. The fourth-order valence-electron chi connectivity index (χ4n) is 3.71. The third kappa shape index (κ3) is 2.65. The van der Waals surface area contributed by atoms with Gasteiger partial charge in [-0.1, -0.05) is 6.07 Å². The molecule has 24 heavy (non-hydrogen) atoms. The van der Waals surface area contributed by atoms with Crippen LogP contribution in [0.1, 0.15) is 28.6 Å². The van der Waals surface area contributed by atoms with Gasteiger partial charge in [-0.3, -0.25) is 14.9 Å². The molecule has 1 saturated heterocycles. The van der Waals surface area contributed by atoms with Gasteiger partial charge in [-0.05, 0) is 42.8 Å². The minimum absolute atomic E-state index is 0.0596. The Labute approximate surface area is 144 Å². The molecule has 0 unspecified atom stereocenters. The summed E-state index contributed by atoms with van der Waals surface area (Å²) >= 11 is 5.41. The number of hydrogen-bond acceptors (Lipinski definition) is 4. The lowest BCUT2D eigenvalue weighted by Crippen LogP contribution is -2.52. The largest absolute Gasteiger partial charge is 0.459 e. The molecule has 1 fully saturated rings. The lowest BCUT2D eigenvalue weighted by Gasteiger charge is -2.43. The molecule has 7 heteroatoms. The summed E-state index contributed by atoms with van der Waals surface area (Å²) in [5.74, 6) is 0.517. The number of fused-ring (bicyclic) bond motifs is 4. The van der Waals surface area contributed by atoms with Crippen molar-refractivity contribution in [2.24, 2.45) is 5.92 Å². The highest BCUT2D eigenvalue weighted by Gasteiger charge is 2.35. The topological polar surface area (TPSA) is 67.5 Å². The maximum Gasteiger partial charge on any atom is 0.293 e. The van der Waals surface area contributed by atoms with Crippen LogP contribution >= 0.6 is 12.2 Å². The number of pyridine rings is 1. The Balaban J connectivity index is 1.50. The number of piperidine rings is 1. The summed E-state index contributed by atoms with van der Waals surface area (Å²) in [5.41, 5.74) is 1.12. The molecule has 2 bridgehead atoms. The van der Waals surface area contributed by atoms with Crippen molar-refractivity contribution < 1.29 is 9.21 Å². The van der Waals surface area contributed by atoms with E-state index in [1.54, 1.807) is 18.2 Å². The second-order valence-corrected chi connectivity index (χ2v) is 6.73. The minimum atomic E-state index is -0.336. The average Bonchev–Trinajstić information content (AvgIpc) is 3.10. The summed E-state index contributed by atoms with van der Waals surface area (Å²) in [4.78, 5) is 26.2. The maximum absolute atomic E-state index is 12.1. The van der Waals surface area contributed by atoms with Crippen molar-refractivity contribution in [1.29, 1.82) is 0 Å². The van der Waals surface area contributed by atoms with E-state index in [2.05, 4.69) is 5.32 Å². The van der Waals surface area contributed by atoms with Gasteiger partial charge in [-0.25, -0.2) is 0 Å². The molecule has 4 heterocycles. The van der Waals surface area contributed by atoms with Gasteiger partial charge in [-0.2, -0.15) is 0 Å². The molecule has 2 aromatic rings. The monoisotopic (exact) mass is 343 g/mol. The predicted molar refractivity (Wildman–Crippen MR) is 91.9 cm³/mol. The van der Waals surface area contributed by atoms with Gasteiger partial charge in [0.25, 0.3) is 11.5 Å². The molecule has 0 aromatic carbocycles. The normalized spacial score (nSPS) is 21.9. The maximum atomic E-state index is 12.1. The van der Waals surface area contributed by atoms with E-state index in [4.69, 9.17) is 16.6 Å². The molecule has 124 valence electrons. The van der Waals surface area contributed by atoms with Gasteiger partial charge in [0, 0.05) is 37.3 Å².